The van der Waals surface area contributed by atoms with E-state index in [1.54, 1.807) is 0 Å². The standard InChI is InChI=1S/C9H15N3O3S/c13-4-3-12-7-9(6-10-12)16(14,15)11-5-8-1-2-8/h6-8,11,13H,1-5H2. The van der Waals surface area contributed by atoms with Crippen molar-refractivity contribution in [2.45, 2.75) is 24.3 Å². The third-order valence-electron chi connectivity index (χ3n) is 2.51. The van der Waals surface area contributed by atoms with Crippen LogP contribution in [0.15, 0.2) is 17.3 Å². The summed E-state index contributed by atoms with van der Waals surface area (Å²) in [5, 5.41) is 12.5. The maximum atomic E-state index is 11.8. The van der Waals surface area contributed by atoms with Gasteiger partial charge in [-0.25, -0.2) is 13.1 Å². The van der Waals surface area contributed by atoms with Crippen LogP contribution in [0, 0.1) is 5.92 Å². The van der Waals surface area contributed by atoms with E-state index in [0.717, 1.165) is 12.8 Å². The van der Waals surface area contributed by atoms with Crippen LogP contribution in [0.2, 0.25) is 0 Å². The minimum absolute atomic E-state index is 0.0589. The van der Waals surface area contributed by atoms with Crippen LogP contribution >= 0.6 is 0 Å². The quantitative estimate of drug-likeness (QED) is 0.712. The van der Waals surface area contributed by atoms with Crippen LogP contribution in [-0.2, 0) is 16.6 Å². The Kier molecular flexibility index (Phi) is 3.27. The molecule has 0 aromatic carbocycles. The lowest BCUT2D eigenvalue weighted by atomic mass is 10.4. The number of sulfonamides is 1. The molecule has 0 radical (unpaired) electrons. The zero-order valence-corrected chi connectivity index (χ0v) is 9.65. The fourth-order valence-electron chi connectivity index (χ4n) is 1.34. The van der Waals surface area contributed by atoms with Gasteiger partial charge in [-0.1, -0.05) is 0 Å². The molecule has 1 fully saturated rings. The molecular formula is C9H15N3O3S. The molecule has 7 heteroatoms. The molecule has 2 N–H and O–H groups in total. The maximum absolute atomic E-state index is 11.8. The summed E-state index contributed by atoms with van der Waals surface area (Å²) in [5.41, 5.74) is 0. The zero-order valence-electron chi connectivity index (χ0n) is 8.83. The maximum Gasteiger partial charge on any atom is 0.243 e. The smallest absolute Gasteiger partial charge is 0.243 e. The summed E-state index contributed by atoms with van der Waals surface area (Å²) < 4.78 is 27.5. The van der Waals surface area contributed by atoms with E-state index in [1.165, 1.54) is 17.1 Å². The van der Waals surface area contributed by atoms with Gasteiger partial charge >= 0.3 is 0 Å². The molecule has 0 spiro atoms. The van der Waals surface area contributed by atoms with Crippen molar-refractivity contribution in [1.82, 2.24) is 14.5 Å². The Bertz CT molecular complexity index is 450. The SMILES string of the molecule is O=S(=O)(NCC1CC1)c1cnn(CCO)c1. The van der Waals surface area contributed by atoms with Crippen LogP contribution in [0.1, 0.15) is 12.8 Å². The first kappa shape index (κ1) is 11.6. The van der Waals surface area contributed by atoms with E-state index in [4.69, 9.17) is 5.11 Å². The van der Waals surface area contributed by atoms with Gasteiger partial charge in [-0.05, 0) is 18.8 Å². The highest BCUT2D eigenvalue weighted by atomic mass is 32.2. The van der Waals surface area contributed by atoms with Gasteiger partial charge in [0.1, 0.15) is 4.90 Å². The van der Waals surface area contributed by atoms with Crippen LogP contribution in [0.25, 0.3) is 0 Å². The second kappa shape index (κ2) is 4.52. The number of aliphatic hydroxyl groups is 1. The zero-order chi connectivity index (χ0) is 11.6. The number of nitrogens with one attached hydrogen (secondary N) is 1. The van der Waals surface area contributed by atoms with Gasteiger partial charge in [0.25, 0.3) is 0 Å². The molecule has 1 heterocycles. The Hall–Kier alpha value is -0.920. The Morgan fingerprint density at radius 3 is 2.94 bits per heavy atom. The first-order chi connectivity index (χ1) is 7.62. The monoisotopic (exact) mass is 245 g/mol. The Morgan fingerprint density at radius 2 is 2.31 bits per heavy atom. The number of rotatable bonds is 6. The highest BCUT2D eigenvalue weighted by Crippen LogP contribution is 2.28. The fraction of sp³-hybridized carbons (Fsp3) is 0.667. The molecule has 2 rings (SSSR count). The summed E-state index contributed by atoms with van der Waals surface area (Å²) in [6, 6.07) is 0. The number of hydrogen-bond acceptors (Lipinski definition) is 4. The van der Waals surface area contributed by atoms with Crippen molar-refractivity contribution in [2.75, 3.05) is 13.2 Å². The number of aliphatic hydroxyl groups excluding tert-OH is 1. The molecule has 1 aliphatic carbocycles. The largest absolute Gasteiger partial charge is 0.394 e. The van der Waals surface area contributed by atoms with Gasteiger partial charge in [-0.2, -0.15) is 5.10 Å². The van der Waals surface area contributed by atoms with Gasteiger partial charge in [0.05, 0.1) is 19.3 Å². The molecule has 90 valence electrons. The van der Waals surface area contributed by atoms with Crippen molar-refractivity contribution < 1.29 is 13.5 Å². The summed E-state index contributed by atoms with van der Waals surface area (Å²) in [4.78, 5) is 0.154. The van der Waals surface area contributed by atoms with Crippen molar-refractivity contribution in [3.05, 3.63) is 12.4 Å². The van der Waals surface area contributed by atoms with Crippen molar-refractivity contribution in [3.63, 3.8) is 0 Å². The first-order valence-corrected chi connectivity index (χ1v) is 6.73. The molecule has 0 atom stereocenters. The number of aromatic nitrogens is 2. The summed E-state index contributed by atoms with van der Waals surface area (Å²) in [5.74, 6) is 0.502. The molecule has 1 aromatic heterocycles. The van der Waals surface area contributed by atoms with Crippen LogP contribution in [0.4, 0.5) is 0 Å². The first-order valence-electron chi connectivity index (χ1n) is 5.25. The average Bonchev–Trinajstić information content (AvgIpc) is 2.95. The lowest BCUT2D eigenvalue weighted by molar-refractivity contribution is 0.269. The molecule has 6 nitrogen and oxygen atoms in total. The van der Waals surface area contributed by atoms with Crippen molar-refractivity contribution in [1.29, 1.82) is 0 Å². The predicted octanol–water partition coefficient (Wildman–Crippen LogP) is -0.436. The van der Waals surface area contributed by atoms with Gasteiger partial charge in [0.15, 0.2) is 0 Å². The van der Waals surface area contributed by atoms with E-state index >= 15 is 0 Å². The molecule has 1 aliphatic rings. The predicted molar refractivity (Wildman–Crippen MR) is 57.2 cm³/mol. The second-order valence-electron chi connectivity index (χ2n) is 3.96. The second-order valence-corrected chi connectivity index (χ2v) is 5.72. The van der Waals surface area contributed by atoms with Crippen LogP contribution in [0.3, 0.4) is 0 Å². The molecule has 0 amide bonds. The molecular weight excluding hydrogens is 230 g/mol. The van der Waals surface area contributed by atoms with E-state index in [1.807, 2.05) is 0 Å². The minimum Gasteiger partial charge on any atom is -0.394 e. The summed E-state index contributed by atoms with van der Waals surface area (Å²) >= 11 is 0. The van der Waals surface area contributed by atoms with Crippen molar-refractivity contribution in [3.8, 4) is 0 Å². The van der Waals surface area contributed by atoms with Crippen LogP contribution in [-0.4, -0.2) is 36.5 Å². The summed E-state index contributed by atoms with van der Waals surface area (Å²) in [6.45, 7) is 0.752. The van der Waals surface area contributed by atoms with E-state index in [-0.39, 0.29) is 11.5 Å². The van der Waals surface area contributed by atoms with Gasteiger partial charge in [-0.3, -0.25) is 4.68 Å². The van der Waals surface area contributed by atoms with Gasteiger partial charge in [-0.15, -0.1) is 0 Å². The van der Waals surface area contributed by atoms with Crippen LogP contribution in [0.5, 0.6) is 0 Å². The van der Waals surface area contributed by atoms with Crippen LogP contribution < -0.4 is 4.72 Å². The van der Waals surface area contributed by atoms with Gasteiger partial charge in [0.2, 0.25) is 10.0 Å². The molecule has 16 heavy (non-hydrogen) atoms. The summed E-state index contributed by atoms with van der Waals surface area (Å²) in [7, 11) is -3.43. The summed E-state index contributed by atoms with van der Waals surface area (Å²) in [6.07, 6.45) is 4.93. The minimum atomic E-state index is -3.43. The van der Waals surface area contributed by atoms with E-state index in [0.29, 0.717) is 19.0 Å². The van der Waals surface area contributed by atoms with E-state index < -0.39 is 10.0 Å². The van der Waals surface area contributed by atoms with Crippen molar-refractivity contribution in [2.24, 2.45) is 5.92 Å². The van der Waals surface area contributed by atoms with E-state index in [9.17, 15) is 8.42 Å². The third-order valence-corrected chi connectivity index (χ3v) is 3.89. The van der Waals surface area contributed by atoms with E-state index in [2.05, 4.69) is 9.82 Å². The highest BCUT2D eigenvalue weighted by Gasteiger charge is 2.24. The normalized spacial score (nSPS) is 16.6. The Labute approximate surface area is 94.3 Å². The Balaban J connectivity index is 2.02. The molecule has 0 unspecified atom stereocenters. The Morgan fingerprint density at radius 1 is 1.56 bits per heavy atom. The molecule has 0 bridgehead atoms. The van der Waals surface area contributed by atoms with Crippen molar-refractivity contribution >= 4 is 10.0 Å². The highest BCUT2D eigenvalue weighted by molar-refractivity contribution is 7.89. The number of hydrogen-bond donors (Lipinski definition) is 2. The number of nitrogens with zero attached hydrogens (tertiary/aromatic N) is 2. The van der Waals surface area contributed by atoms with Gasteiger partial charge in [0, 0.05) is 12.7 Å². The lowest BCUT2D eigenvalue weighted by Crippen LogP contribution is -2.25. The third kappa shape index (κ3) is 2.81. The van der Waals surface area contributed by atoms with Gasteiger partial charge < -0.3 is 5.11 Å². The fourth-order valence-corrected chi connectivity index (χ4v) is 2.41. The molecule has 1 saturated carbocycles. The average molecular weight is 245 g/mol. The topological polar surface area (TPSA) is 84.2 Å². The lowest BCUT2D eigenvalue weighted by Gasteiger charge is -2.02. The molecule has 1 aromatic rings. The molecule has 0 saturated heterocycles. The molecule has 0 aliphatic heterocycles.